The van der Waals surface area contributed by atoms with Gasteiger partial charge in [0.2, 0.25) is 11.8 Å². The average Bonchev–Trinajstić information content (AvgIpc) is 2.90. The minimum atomic E-state index is -0.647. The molecule has 0 radical (unpaired) electrons. The summed E-state index contributed by atoms with van der Waals surface area (Å²) in [7, 11) is 1.60. The predicted octanol–water partition coefficient (Wildman–Crippen LogP) is 4.43. The van der Waals surface area contributed by atoms with Crippen LogP contribution in [0, 0.1) is 0 Å². The Labute approximate surface area is 210 Å². The maximum absolute atomic E-state index is 13.6. The number of benzene rings is 3. The number of aryl methyl sites for hydroxylation is 1. The third-order valence-electron chi connectivity index (χ3n) is 6.02. The molecule has 0 bridgehead atoms. The van der Waals surface area contributed by atoms with Crippen LogP contribution in [-0.2, 0) is 29.0 Å². The van der Waals surface area contributed by atoms with E-state index >= 15 is 0 Å². The van der Waals surface area contributed by atoms with Crippen LogP contribution in [0.3, 0.4) is 0 Å². The Balaban J connectivity index is 1.56. The van der Waals surface area contributed by atoms with E-state index in [2.05, 4.69) is 5.32 Å². The van der Waals surface area contributed by atoms with Gasteiger partial charge in [-0.2, -0.15) is 0 Å². The molecule has 0 aliphatic carbocycles. The molecule has 2 amide bonds. The van der Waals surface area contributed by atoms with E-state index in [1.54, 1.807) is 24.1 Å². The number of rotatable bonds is 9. The topological polar surface area (TPSA) is 67.9 Å². The van der Waals surface area contributed by atoms with Crippen molar-refractivity contribution in [2.24, 2.45) is 0 Å². The fourth-order valence-electron chi connectivity index (χ4n) is 4.15. The lowest BCUT2D eigenvalue weighted by molar-refractivity contribution is -0.141. The number of nitrogens with zero attached hydrogens (tertiary/aromatic N) is 1. The third kappa shape index (κ3) is 6.55. The van der Waals surface area contributed by atoms with E-state index < -0.39 is 6.04 Å². The van der Waals surface area contributed by atoms with Gasteiger partial charge in [-0.3, -0.25) is 9.59 Å². The van der Waals surface area contributed by atoms with Crippen molar-refractivity contribution in [2.45, 2.75) is 31.8 Å². The summed E-state index contributed by atoms with van der Waals surface area (Å²) in [5, 5.41) is 3.36. The molecule has 4 rings (SSSR count). The van der Waals surface area contributed by atoms with Gasteiger partial charge < -0.3 is 19.7 Å². The number of fused-ring (bicyclic) bond motifs is 1. The summed E-state index contributed by atoms with van der Waals surface area (Å²) in [5.74, 6) is 1.12. The zero-order valence-corrected chi connectivity index (χ0v) is 20.5. The van der Waals surface area contributed by atoms with Crippen LogP contribution in [0.15, 0.2) is 72.8 Å². The highest BCUT2D eigenvalue weighted by atomic mass is 35.5. The number of nitrogens with one attached hydrogen (secondary N) is 1. The summed E-state index contributed by atoms with van der Waals surface area (Å²) in [5.41, 5.74) is 2.87. The molecular weight excluding hydrogens is 464 g/mol. The number of likely N-dealkylation sites (N-methyl/N-ethyl adjacent to an activating group) is 1. The zero-order valence-electron chi connectivity index (χ0n) is 19.7. The second kappa shape index (κ2) is 11.8. The first kappa shape index (κ1) is 24.6. The van der Waals surface area contributed by atoms with E-state index in [1.807, 2.05) is 60.7 Å². The summed E-state index contributed by atoms with van der Waals surface area (Å²) < 4.78 is 11.3. The molecule has 1 atom stereocenters. The van der Waals surface area contributed by atoms with Crippen LogP contribution in [0.1, 0.15) is 23.1 Å². The van der Waals surface area contributed by atoms with Crippen molar-refractivity contribution in [2.75, 3.05) is 20.3 Å². The Hall–Kier alpha value is -3.51. The first-order valence-corrected chi connectivity index (χ1v) is 12.1. The van der Waals surface area contributed by atoms with Crippen molar-refractivity contribution in [1.82, 2.24) is 10.2 Å². The van der Waals surface area contributed by atoms with Crippen LogP contribution >= 0.6 is 11.6 Å². The smallest absolute Gasteiger partial charge is 0.242 e. The molecule has 0 spiro atoms. The van der Waals surface area contributed by atoms with Gasteiger partial charge in [0, 0.05) is 31.5 Å². The van der Waals surface area contributed by atoms with Gasteiger partial charge in [-0.05, 0) is 47.4 Å². The first-order chi connectivity index (χ1) is 17.0. The Morgan fingerprint density at radius 2 is 1.60 bits per heavy atom. The summed E-state index contributed by atoms with van der Waals surface area (Å²) in [6, 6.07) is 22.2. The monoisotopic (exact) mass is 492 g/mol. The highest BCUT2D eigenvalue weighted by molar-refractivity contribution is 6.30. The Morgan fingerprint density at radius 3 is 2.31 bits per heavy atom. The molecular formula is C28H29ClN2O4. The molecule has 1 aliphatic heterocycles. The Morgan fingerprint density at radius 1 is 0.914 bits per heavy atom. The lowest BCUT2D eigenvalue weighted by Gasteiger charge is -2.31. The fourth-order valence-corrected chi connectivity index (χ4v) is 4.27. The number of carbonyl (C=O) groups excluding carboxylic acids is 2. The number of halogens is 1. The molecule has 3 aromatic rings. The van der Waals surface area contributed by atoms with Crippen LogP contribution in [0.4, 0.5) is 0 Å². The quantitative estimate of drug-likeness (QED) is 0.480. The van der Waals surface area contributed by atoms with E-state index in [0.717, 1.165) is 22.4 Å². The molecule has 3 aromatic carbocycles. The van der Waals surface area contributed by atoms with E-state index in [9.17, 15) is 9.59 Å². The maximum Gasteiger partial charge on any atom is 0.242 e. The highest BCUT2D eigenvalue weighted by Gasteiger charge is 2.29. The molecule has 1 aliphatic rings. The van der Waals surface area contributed by atoms with Gasteiger partial charge in [-0.1, -0.05) is 60.1 Å². The third-order valence-corrected chi connectivity index (χ3v) is 6.27. The zero-order chi connectivity index (χ0) is 24.6. The summed E-state index contributed by atoms with van der Waals surface area (Å²) in [6.07, 6.45) is 1.21. The summed E-state index contributed by atoms with van der Waals surface area (Å²) >= 11 is 6.06. The second-order valence-corrected chi connectivity index (χ2v) is 8.88. The van der Waals surface area contributed by atoms with Crippen LogP contribution in [-0.4, -0.2) is 43.0 Å². The summed E-state index contributed by atoms with van der Waals surface area (Å²) in [4.78, 5) is 28.3. The van der Waals surface area contributed by atoms with Crippen molar-refractivity contribution < 1.29 is 19.1 Å². The molecule has 7 heteroatoms. The van der Waals surface area contributed by atoms with Crippen molar-refractivity contribution in [3.05, 3.63) is 94.5 Å². The standard InChI is InChI=1S/C28H29ClN2O4/c1-30-28(33)24(17-20-5-3-2-4-6-20)31(19-22-7-11-23(29)12-8-22)27(32)14-10-21-9-13-25-26(18-21)35-16-15-34-25/h2-9,11-13,18,24H,10,14-17,19H2,1H3,(H,30,33). The van der Waals surface area contributed by atoms with E-state index in [1.165, 1.54) is 0 Å². The second-order valence-electron chi connectivity index (χ2n) is 8.45. The molecule has 1 N–H and O–H groups in total. The van der Waals surface area contributed by atoms with Crippen molar-refractivity contribution in [1.29, 1.82) is 0 Å². The molecule has 6 nitrogen and oxygen atoms in total. The van der Waals surface area contributed by atoms with Gasteiger partial charge in [0.1, 0.15) is 19.3 Å². The molecule has 0 fully saturated rings. The number of carbonyl (C=O) groups is 2. The van der Waals surface area contributed by atoms with E-state index in [0.29, 0.717) is 43.4 Å². The van der Waals surface area contributed by atoms with Crippen molar-refractivity contribution >= 4 is 23.4 Å². The fraction of sp³-hybridized carbons (Fsp3) is 0.286. The van der Waals surface area contributed by atoms with E-state index in [4.69, 9.17) is 21.1 Å². The van der Waals surface area contributed by atoms with Crippen LogP contribution in [0.25, 0.3) is 0 Å². The van der Waals surface area contributed by atoms with Crippen LogP contribution < -0.4 is 14.8 Å². The van der Waals surface area contributed by atoms with Gasteiger partial charge in [-0.25, -0.2) is 0 Å². The normalized spacial score (nSPS) is 13.1. The van der Waals surface area contributed by atoms with Gasteiger partial charge in [0.25, 0.3) is 0 Å². The van der Waals surface area contributed by atoms with Crippen molar-refractivity contribution in [3.8, 4) is 11.5 Å². The van der Waals surface area contributed by atoms with Crippen LogP contribution in [0.2, 0.25) is 5.02 Å². The van der Waals surface area contributed by atoms with Gasteiger partial charge in [0.05, 0.1) is 0 Å². The van der Waals surface area contributed by atoms with Crippen LogP contribution in [0.5, 0.6) is 11.5 Å². The number of ether oxygens (including phenoxy) is 2. The Bertz CT molecular complexity index is 1150. The lowest BCUT2D eigenvalue weighted by atomic mass is 10.0. The number of hydrogen-bond acceptors (Lipinski definition) is 4. The molecule has 0 aromatic heterocycles. The van der Waals surface area contributed by atoms with Crippen molar-refractivity contribution in [3.63, 3.8) is 0 Å². The molecule has 1 unspecified atom stereocenters. The molecule has 0 saturated heterocycles. The molecule has 35 heavy (non-hydrogen) atoms. The van der Waals surface area contributed by atoms with Gasteiger partial charge in [-0.15, -0.1) is 0 Å². The van der Waals surface area contributed by atoms with E-state index in [-0.39, 0.29) is 18.2 Å². The first-order valence-electron chi connectivity index (χ1n) is 11.7. The summed E-state index contributed by atoms with van der Waals surface area (Å²) in [6.45, 7) is 1.35. The molecule has 1 heterocycles. The minimum absolute atomic E-state index is 0.0978. The largest absolute Gasteiger partial charge is 0.486 e. The Kier molecular flexibility index (Phi) is 8.27. The minimum Gasteiger partial charge on any atom is -0.486 e. The highest BCUT2D eigenvalue weighted by Crippen LogP contribution is 2.31. The lowest BCUT2D eigenvalue weighted by Crippen LogP contribution is -2.49. The maximum atomic E-state index is 13.6. The SMILES string of the molecule is CNC(=O)C(Cc1ccccc1)N(Cc1ccc(Cl)cc1)C(=O)CCc1ccc2c(c1)OCCO2. The number of amides is 2. The number of hydrogen-bond donors (Lipinski definition) is 1. The van der Waals surface area contributed by atoms with Gasteiger partial charge in [0.15, 0.2) is 11.5 Å². The molecule has 0 saturated carbocycles. The van der Waals surface area contributed by atoms with Gasteiger partial charge >= 0.3 is 0 Å². The average molecular weight is 493 g/mol. The molecule has 182 valence electrons. The predicted molar refractivity (Wildman–Crippen MR) is 136 cm³/mol.